The predicted molar refractivity (Wildman–Crippen MR) is 145 cm³/mol. The summed E-state index contributed by atoms with van der Waals surface area (Å²) >= 11 is 0. The first-order valence-corrected chi connectivity index (χ1v) is 13.2. The molecule has 8 heteroatoms. The van der Waals surface area contributed by atoms with Crippen molar-refractivity contribution in [2.75, 3.05) is 6.61 Å². The molecule has 2 aromatic heterocycles. The number of hydrogen-bond donors (Lipinski definition) is 1. The number of fused-ring (bicyclic) bond motifs is 1. The molecule has 1 saturated carbocycles. The van der Waals surface area contributed by atoms with E-state index in [0.29, 0.717) is 30.6 Å². The van der Waals surface area contributed by atoms with Gasteiger partial charge >= 0.3 is 0 Å². The standard InChI is InChI=1S/C30H33N5O3/c1-4-7-27-26(14-20-10-12-21(13-11-20)25-9-6-5-8-22(25)17-31)28(36)34(29-32-19-33-35(27)29)23-15-24(16-23)38-18-30(2,3)37/h5-6,8-13,19,23-24,37H,4,7,14-16,18H2,1-3H3/t23-,24-. The molecule has 0 spiro atoms. The van der Waals surface area contributed by atoms with E-state index in [1.807, 2.05) is 53.0 Å². The number of aliphatic hydroxyl groups is 1. The van der Waals surface area contributed by atoms with Gasteiger partial charge in [0.1, 0.15) is 6.33 Å². The highest BCUT2D eigenvalue weighted by Gasteiger charge is 2.35. The van der Waals surface area contributed by atoms with Gasteiger partial charge in [0, 0.05) is 18.0 Å². The second-order valence-electron chi connectivity index (χ2n) is 10.7. The van der Waals surface area contributed by atoms with Gasteiger partial charge in [-0.1, -0.05) is 55.8 Å². The van der Waals surface area contributed by atoms with Crippen molar-refractivity contribution >= 4 is 5.78 Å². The fraction of sp³-hybridized carbons (Fsp3) is 0.400. The molecule has 0 aliphatic heterocycles. The molecule has 5 rings (SSSR count). The van der Waals surface area contributed by atoms with Crippen LogP contribution in [0.15, 0.2) is 59.7 Å². The van der Waals surface area contributed by atoms with Crippen molar-refractivity contribution in [3.05, 3.63) is 87.6 Å². The van der Waals surface area contributed by atoms with E-state index in [0.717, 1.165) is 40.8 Å². The van der Waals surface area contributed by atoms with E-state index in [1.165, 1.54) is 6.33 Å². The predicted octanol–water partition coefficient (Wildman–Crippen LogP) is 4.46. The van der Waals surface area contributed by atoms with Gasteiger partial charge in [0.05, 0.1) is 35.6 Å². The molecule has 0 saturated heterocycles. The molecule has 2 heterocycles. The highest BCUT2D eigenvalue weighted by Crippen LogP contribution is 2.35. The maximum atomic E-state index is 14.0. The lowest BCUT2D eigenvalue weighted by atomic mass is 9.88. The van der Waals surface area contributed by atoms with Gasteiger partial charge in [0.15, 0.2) is 0 Å². The maximum absolute atomic E-state index is 14.0. The Bertz CT molecular complexity index is 1530. The monoisotopic (exact) mass is 511 g/mol. The van der Waals surface area contributed by atoms with Gasteiger partial charge in [0.25, 0.3) is 5.56 Å². The van der Waals surface area contributed by atoms with Gasteiger partial charge in [-0.05, 0) is 55.9 Å². The van der Waals surface area contributed by atoms with E-state index in [-0.39, 0.29) is 24.3 Å². The van der Waals surface area contributed by atoms with Crippen LogP contribution in [-0.4, -0.2) is 42.6 Å². The minimum absolute atomic E-state index is 0.00361. The molecule has 4 aromatic rings. The Morgan fingerprint density at radius 1 is 1.16 bits per heavy atom. The lowest BCUT2D eigenvalue weighted by molar-refractivity contribution is -0.0894. The molecule has 0 bridgehead atoms. The molecule has 0 atom stereocenters. The second kappa shape index (κ2) is 10.5. The van der Waals surface area contributed by atoms with E-state index in [2.05, 4.69) is 23.1 Å². The van der Waals surface area contributed by atoms with Crippen LogP contribution in [0.1, 0.15) is 68.5 Å². The van der Waals surface area contributed by atoms with Crippen LogP contribution >= 0.6 is 0 Å². The third kappa shape index (κ3) is 5.13. The molecule has 8 nitrogen and oxygen atoms in total. The molecule has 0 radical (unpaired) electrons. The summed E-state index contributed by atoms with van der Waals surface area (Å²) in [5.74, 6) is 0.566. The first-order chi connectivity index (χ1) is 18.3. The molecule has 1 N–H and O–H groups in total. The lowest BCUT2D eigenvalue weighted by Gasteiger charge is -2.37. The highest BCUT2D eigenvalue weighted by atomic mass is 16.5. The van der Waals surface area contributed by atoms with Crippen LogP contribution in [0, 0.1) is 11.3 Å². The number of hydrogen-bond acceptors (Lipinski definition) is 6. The van der Waals surface area contributed by atoms with Crippen LogP contribution < -0.4 is 5.56 Å². The smallest absolute Gasteiger partial charge is 0.259 e. The van der Waals surface area contributed by atoms with E-state index in [4.69, 9.17) is 4.74 Å². The van der Waals surface area contributed by atoms with Crippen LogP contribution in [0.4, 0.5) is 0 Å². The zero-order valence-corrected chi connectivity index (χ0v) is 22.1. The number of aromatic nitrogens is 4. The van der Waals surface area contributed by atoms with Crippen LogP contribution in [0.25, 0.3) is 16.9 Å². The van der Waals surface area contributed by atoms with Crippen LogP contribution in [0.2, 0.25) is 0 Å². The van der Waals surface area contributed by atoms with Crippen molar-refractivity contribution < 1.29 is 9.84 Å². The zero-order chi connectivity index (χ0) is 26.9. The highest BCUT2D eigenvalue weighted by molar-refractivity contribution is 5.70. The van der Waals surface area contributed by atoms with Crippen molar-refractivity contribution in [3.63, 3.8) is 0 Å². The second-order valence-corrected chi connectivity index (χ2v) is 10.7. The maximum Gasteiger partial charge on any atom is 0.259 e. The first-order valence-electron chi connectivity index (χ1n) is 13.2. The van der Waals surface area contributed by atoms with Gasteiger partial charge in [-0.25, -0.2) is 4.52 Å². The summed E-state index contributed by atoms with van der Waals surface area (Å²) < 4.78 is 9.45. The van der Waals surface area contributed by atoms with Crippen LogP contribution in [0.3, 0.4) is 0 Å². The SMILES string of the molecule is CCCc1c(Cc2ccc(-c3ccccc3C#N)cc2)c(=O)n([C@H]2C[C@H](OCC(C)(C)O)C2)c2ncnn12. The molecule has 1 aliphatic carbocycles. The summed E-state index contributed by atoms with van der Waals surface area (Å²) in [5, 5.41) is 23.9. The van der Waals surface area contributed by atoms with Gasteiger partial charge in [-0.15, -0.1) is 0 Å². The van der Waals surface area contributed by atoms with Crippen molar-refractivity contribution in [2.24, 2.45) is 0 Å². The Morgan fingerprint density at radius 2 is 1.89 bits per heavy atom. The molecule has 1 fully saturated rings. The molecule has 196 valence electrons. The summed E-state index contributed by atoms with van der Waals surface area (Å²) in [6, 6.07) is 17.8. The summed E-state index contributed by atoms with van der Waals surface area (Å²) in [5.41, 5.74) is 4.23. The summed E-state index contributed by atoms with van der Waals surface area (Å²) in [6.45, 7) is 5.80. The van der Waals surface area contributed by atoms with Crippen LogP contribution in [0.5, 0.6) is 0 Å². The minimum atomic E-state index is -0.886. The van der Waals surface area contributed by atoms with E-state index >= 15 is 0 Å². The molecule has 38 heavy (non-hydrogen) atoms. The minimum Gasteiger partial charge on any atom is -0.388 e. The molecular formula is C30H33N5O3. The van der Waals surface area contributed by atoms with Gasteiger partial charge in [0.2, 0.25) is 5.78 Å². The summed E-state index contributed by atoms with van der Waals surface area (Å²) in [6.07, 6.45) is 4.98. The number of nitrogens with zero attached hydrogens (tertiary/aromatic N) is 5. The van der Waals surface area contributed by atoms with Crippen molar-refractivity contribution in [1.29, 1.82) is 5.26 Å². The zero-order valence-electron chi connectivity index (χ0n) is 22.1. The van der Waals surface area contributed by atoms with E-state index in [9.17, 15) is 15.2 Å². The Hall–Kier alpha value is -3.80. The fourth-order valence-corrected chi connectivity index (χ4v) is 5.12. The van der Waals surface area contributed by atoms with Crippen LogP contribution in [-0.2, 0) is 17.6 Å². The Morgan fingerprint density at radius 3 is 2.58 bits per heavy atom. The van der Waals surface area contributed by atoms with Gasteiger partial charge in [-0.3, -0.25) is 9.36 Å². The Balaban J connectivity index is 1.46. The number of ether oxygens (including phenoxy) is 1. The van der Waals surface area contributed by atoms with Crippen molar-refractivity contribution in [1.82, 2.24) is 19.2 Å². The number of rotatable bonds is 9. The normalized spacial score (nSPS) is 17.3. The first kappa shape index (κ1) is 25.8. The molecule has 0 amide bonds. The third-order valence-electron chi connectivity index (χ3n) is 7.11. The van der Waals surface area contributed by atoms with Crippen molar-refractivity contribution in [3.8, 4) is 17.2 Å². The Kier molecular flexibility index (Phi) is 7.15. The van der Waals surface area contributed by atoms with E-state index < -0.39 is 5.60 Å². The summed E-state index contributed by atoms with van der Waals surface area (Å²) in [4.78, 5) is 18.4. The van der Waals surface area contributed by atoms with E-state index in [1.54, 1.807) is 18.4 Å². The third-order valence-corrected chi connectivity index (χ3v) is 7.11. The molecular weight excluding hydrogens is 478 g/mol. The van der Waals surface area contributed by atoms with Gasteiger partial charge in [-0.2, -0.15) is 15.3 Å². The lowest BCUT2D eigenvalue weighted by Crippen LogP contribution is -2.42. The number of benzene rings is 2. The molecule has 0 unspecified atom stereocenters. The quantitative estimate of drug-likeness (QED) is 0.356. The summed E-state index contributed by atoms with van der Waals surface area (Å²) in [7, 11) is 0. The average molecular weight is 512 g/mol. The fourth-order valence-electron chi connectivity index (χ4n) is 5.12. The average Bonchev–Trinajstić information content (AvgIpc) is 3.36. The van der Waals surface area contributed by atoms with Crippen molar-refractivity contribution in [2.45, 2.75) is 70.6 Å². The molecule has 2 aromatic carbocycles. The van der Waals surface area contributed by atoms with Gasteiger partial charge < -0.3 is 9.84 Å². The largest absolute Gasteiger partial charge is 0.388 e. The number of aryl methyl sites for hydroxylation is 1. The molecule has 1 aliphatic rings. The Labute approximate surface area is 222 Å². The topological polar surface area (TPSA) is 105 Å². The number of nitriles is 1.